The van der Waals surface area contributed by atoms with Gasteiger partial charge in [-0.15, -0.1) is 0 Å². The summed E-state index contributed by atoms with van der Waals surface area (Å²) in [4.78, 5) is 14.4. The average Bonchev–Trinajstić information content (AvgIpc) is 2.67. The molecular weight excluding hydrogens is 357 g/mol. The highest BCUT2D eigenvalue weighted by atomic mass is 19.4. The van der Waals surface area contributed by atoms with Crippen molar-refractivity contribution < 1.29 is 22.7 Å². The topological polar surface area (TPSA) is 55.6 Å². The summed E-state index contributed by atoms with van der Waals surface area (Å²) in [5.41, 5.74) is 5.34. The molecule has 0 atom stereocenters. The summed E-state index contributed by atoms with van der Waals surface area (Å²) < 4.78 is 44.0. The van der Waals surface area contributed by atoms with Crippen molar-refractivity contribution in [2.45, 2.75) is 19.0 Å². The number of hydrogen-bond donors (Lipinski definition) is 1. The van der Waals surface area contributed by atoms with Crippen molar-refractivity contribution in [1.29, 1.82) is 0 Å². The highest BCUT2D eigenvalue weighted by Gasteiger charge is 2.30. The number of nitrogens with two attached hydrogens (primary N) is 1. The normalized spacial score (nSPS) is 15.6. The van der Waals surface area contributed by atoms with E-state index >= 15 is 0 Å². The summed E-state index contributed by atoms with van der Waals surface area (Å²) in [6.07, 6.45) is -2.68. The average molecular weight is 378 g/mol. The van der Waals surface area contributed by atoms with Gasteiger partial charge in [-0.2, -0.15) is 13.2 Å². The molecule has 0 aliphatic carbocycles. The zero-order valence-electron chi connectivity index (χ0n) is 14.7. The molecular formula is C20H21F3N2O2. The third-order valence-electron chi connectivity index (χ3n) is 4.71. The molecule has 7 heteroatoms. The second-order valence-corrected chi connectivity index (χ2v) is 6.63. The largest absolute Gasteiger partial charge is 0.457 e. The van der Waals surface area contributed by atoms with Crippen molar-refractivity contribution in [3.8, 4) is 11.5 Å². The van der Waals surface area contributed by atoms with Gasteiger partial charge in [-0.25, -0.2) is 0 Å². The number of halogens is 3. The Morgan fingerprint density at radius 1 is 1.07 bits per heavy atom. The second kappa shape index (κ2) is 8.00. The smallest absolute Gasteiger partial charge is 0.416 e. The Balaban J connectivity index is 1.72. The van der Waals surface area contributed by atoms with Crippen molar-refractivity contribution in [3.05, 3.63) is 59.7 Å². The minimum Gasteiger partial charge on any atom is -0.457 e. The number of ether oxygens (including phenoxy) is 1. The number of nitrogens with zero attached hydrogens (tertiary/aromatic N) is 1. The summed E-state index contributed by atoms with van der Waals surface area (Å²) in [5.74, 6) is 0.722. The van der Waals surface area contributed by atoms with Gasteiger partial charge in [0.15, 0.2) is 0 Å². The van der Waals surface area contributed by atoms with Crippen molar-refractivity contribution in [2.24, 2.45) is 11.7 Å². The molecule has 0 spiro atoms. The molecule has 2 aromatic rings. The van der Waals surface area contributed by atoms with Crippen LogP contribution in [0.15, 0.2) is 48.5 Å². The lowest BCUT2D eigenvalue weighted by Gasteiger charge is -2.31. The van der Waals surface area contributed by atoms with E-state index in [0.717, 1.165) is 25.0 Å². The van der Waals surface area contributed by atoms with Crippen LogP contribution in [0.5, 0.6) is 11.5 Å². The number of likely N-dealkylation sites (tertiary alicyclic amines) is 1. The van der Waals surface area contributed by atoms with Gasteiger partial charge in [-0.1, -0.05) is 12.1 Å². The van der Waals surface area contributed by atoms with E-state index in [2.05, 4.69) is 0 Å². The van der Waals surface area contributed by atoms with Crippen molar-refractivity contribution in [2.75, 3.05) is 19.6 Å². The second-order valence-electron chi connectivity index (χ2n) is 6.63. The quantitative estimate of drug-likeness (QED) is 0.863. The molecule has 0 radical (unpaired) electrons. The van der Waals surface area contributed by atoms with Gasteiger partial charge in [0.1, 0.15) is 11.5 Å². The fraction of sp³-hybridized carbons (Fsp3) is 0.350. The molecule has 4 nitrogen and oxygen atoms in total. The predicted octanol–water partition coefficient (Wildman–Crippen LogP) is 4.31. The van der Waals surface area contributed by atoms with Gasteiger partial charge in [-0.05, 0) is 61.7 Å². The molecule has 1 saturated heterocycles. The minimum atomic E-state index is -4.44. The van der Waals surface area contributed by atoms with E-state index in [-0.39, 0.29) is 11.7 Å². The van der Waals surface area contributed by atoms with Crippen LogP contribution in [-0.2, 0) is 6.18 Å². The van der Waals surface area contributed by atoms with Crippen LogP contribution in [-0.4, -0.2) is 30.4 Å². The van der Waals surface area contributed by atoms with Crippen LogP contribution >= 0.6 is 0 Å². The van der Waals surface area contributed by atoms with E-state index in [0.29, 0.717) is 36.9 Å². The Morgan fingerprint density at radius 3 is 2.33 bits per heavy atom. The van der Waals surface area contributed by atoms with E-state index in [9.17, 15) is 18.0 Å². The van der Waals surface area contributed by atoms with E-state index in [1.54, 1.807) is 29.2 Å². The molecule has 1 aliphatic heterocycles. The molecule has 0 saturated carbocycles. The number of benzene rings is 2. The molecule has 2 aromatic carbocycles. The van der Waals surface area contributed by atoms with E-state index < -0.39 is 11.7 Å². The van der Waals surface area contributed by atoms with Crippen LogP contribution in [0.2, 0.25) is 0 Å². The standard InChI is InChI=1S/C20H21F3N2O2/c21-20(22,23)16-4-2-6-18(12-16)27-17-5-1-3-15(11-17)19(26)25-9-7-14(13-24)8-10-25/h1-6,11-12,14H,7-10,13,24H2. The van der Waals surface area contributed by atoms with Gasteiger partial charge in [0.05, 0.1) is 5.56 Å². The Bertz CT molecular complexity index is 800. The fourth-order valence-electron chi connectivity index (χ4n) is 3.12. The molecule has 0 aromatic heterocycles. The maximum Gasteiger partial charge on any atom is 0.416 e. The summed E-state index contributed by atoms with van der Waals surface area (Å²) in [6, 6.07) is 11.1. The van der Waals surface area contributed by atoms with E-state index in [1.807, 2.05) is 0 Å². The van der Waals surface area contributed by atoms with E-state index in [4.69, 9.17) is 10.5 Å². The number of rotatable bonds is 4. The predicted molar refractivity (Wildman–Crippen MR) is 95.6 cm³/mol. The van der Waals surface area contributed by atoms with Gasteiger partial charge in [-0.3, -0.25) is 4.79 Å². The first-order chi connectivity index (χ1) is 12.9. The summed E-state index contributed by atoms with van der Waals surface area (Å²) in [7, 11) is 0. The highest BCUT2D eigenvalue weighted by molar-refractivity contribution is 5.94. The Labute approximate surface area is 155 Å². The number of alkyl halides is 3. The van der Waals surface area contributed by atoms with Gasteiger partial charge < -0.3 is 15.4 Å². The van der Waals surface area contributed by atoms with Gasteiger partial charge >= 0.3 is 6.18 Å². The minimum absolute atomic E-state index is 0.0678. The van der Waals surface area contributed by atoms with Crippen molar-refractivity contribution >= 4 is 5.91 Å². The number of carbonyl (C=O) groups is 1. The molecule has 3 rings (SSSR count). The Morgan fingerprint density at radius 2 is 1.70 bits per heavy atom. The third kappa shape index (κ3) is 4.80. The summed E-state index contributed by atoms with van der Waals surface area (Å²) >= 11 is 0. The van der Waals surface area contributed by atoms with Gasteiger partial charge in [0.25, 0.3) is 5.91 Å². The molecule has 27 heavy (non-hydrogen) atoms. The van der Waals surface area contributed by atoms with Crippen LogP contribution in [0.1, 0.15) is 28.8 Å². The van der Waals surface area contributed by atoms with E-state index in [1.165, 1.54) is 12.1 Å². The van der Waals surface area contributed by atoms with Gasteiger partial charge in [0.2, 0.25) is 0 Å². The lowest BCUT2D eigenvalue weighted by atomic mass is 9.96. The number of amides is 1. The molecule has 1 aliphatic rings. The fourth-order valence-corrected chi connectivity index (χ4v) is 3.12. The highest BCUT2D eigenvalue weighted by Crippen LogP contribution is 2.33. The summed E-state index contributed by atoms with van der Waals surface area (Å²) in [5, 5.41) is 0. The van der Waals surface area contributed by atoms with Gasteiger partial charge in [0, 0.05) is 18.7 Å². The van der Waals surface area contributed by atoms with Crippen LogP contribution in [0.25, 0.3) is 0 Å². The van der Waals surface area contributed by atoms with Crippen molar-refractivity contribution in [3.63, 3.8) is 0 Å². The first-order valence-electron chi connectivity index (χ1n) is 8.81. The zero-order valence-corrected chi connectivity index (χ0v) is 14.7. The Kier molecular flexibility index (Phi) is 5.70. The number of hydrogen-bond acceptors (Lipinski definition) is 3. The molecule has 1 heterocycles. The lowest BCUT2D eigenvalue weighted by Crippen LogP contribution is -2.40. The van der Waals surface area contributed by atoms with Crippen LogP contribution < -0.4 is 10.5 Å². The lowest BCUT2D eigenvalue weighted by molar-refractivity contribution is -0.137. The summed E-state index contributed by atoms with van der Waals surface area (Å²) in [6.45, 7) is 1.93. The maximum atomic E-state index is 12.8. The SMILES string of the molecule is NCC1CCN(C(=O)c2cccc(Oc3cccc(C(F)(F)F)c3)c2)CC1. The van der Waals surface area contributed by atoms with Crippen LogP contribution in [0.3, 0.4) is 0 Å². The molecule has 0 bridgehead atoms. The first-order valence-corrected chi connectivity index (χ1v) is 8.81. The van der Waals surface area contributed by atoms with Crippen LogP contribution in [0.4, 0.5) is 13.2 Å². The monoisotopic (exact) mass is 378 g/mol. The zero-order chi connectivity index (χ0) is 19.4. The number of piperidine rings is 1. The Hall–Kier alpha value is -2.54. The van der Waals surface area contributed by atoms with Crippen molar-refractivity contribution in [1.82, 2.24) is 4.90 Å². The molecule has 144 valence electrons. The molecule has 0 unspecified atom stereocenters. The number of carbonyl (C=O) groups excluding carboxylic acids is 1. The third-order valence-corrected chi connectivity index (χ3v) is 4.71. The first kappa shape index (κ1) is 19.2. The molecule has 1 amide bonds. The molecule has 2 N–H and O–H groups in total. The van der Waals surface area contributed by atoms with Crippen LogP contribution in [0, 0.1) is 5.92 Å². The maximum absolute atomic E-state index is 12.8. The molecule has 1 fully saturated rings.